The molecule has 6 nitrogen and oxygen atoms in total. The fraction of sp³-hybridized carbons (Fsp3) is 0.538. The molecule has 102 valence electrons. The first-order valence-electron chi connectivity index (χ1n) is 6.32. The van der Waals surface area contributed by atoms with Gasteiger partial charge in [-0.2, -0.15) is 0 Å². The van der Waals surface area contributed by atoms with Gasteiger partial charge in [0.1, 0.15) is 0 Å². The zero-order chi connectivity index (χ0) is 13.7. The number of hydrogen-bond donors (Lipinski definition) is 0. The summed E-state index contributed by atoms with van der Waals surface area (Å²) < 4.78 is 16.2. The molecule has 1 aromatic rings. The van der Waals surface area contributed by atoms with Gasteiger partial charge in [-0.3, -0.25) is 0 Å². The lowest BCUT2D eigenvalue weighted by molar-refractivity contribution is 0.122. The SMILES string of the molecule is CCOc1cc(N2CCOCC2)c(OC)cc1[N+]#N. The first kappa shape index (κ1) is 13.4. The third kappa shape index (κ3) is 2.88. The Bertz CT molecular complexity index is 479. The van der Waals surface area contributed by atoms with Gasteiger partial charge in [-0.05, 0) is 6.92 Å². The van der Waals surface area contributed by atoms with Crippen LogP contribution in [0.3, 0.4) is 0 Å². The molecule has 1 aliphatic rings. The van der Waals surface area contributed by atoms with E-state index < -0.39 is 0 Å². The van der Waals surface area contributed by atoms with E-state index in [1.165, 1.54) is 0 Å². The third-order valence-electron chi connectivity index (χ3n) is 3.02. The predicted octanol–water partition coefficient (Wildman–Crippen LogP) is 2.42. The molecule has 2 rings (SSSR count). The first-order chi connectivity index (χ1) is 9.30. The summed E-state index contributed by atoms with van der Waals surface area (Å²) in [6, 6.07) is 3.53. The molecule has 6 heteroatoms. The molecule has 0 saturated carbocycles. The maximum Gasteiger partial charge on any atom is 0.430 e. The highest BCUT2D eigenvalue weighted by Crippen LogP contribution is 2.40. The molecule has 0 spiro atoms. The minimum absolute atomic E-state index is 0.371. The van der Waals surface area contributed by atoms with Gasteiger partial charge in [0.25, 0.3) is 0 Å². The number of diazo groups is 1. The van der Waals surface area contributed by atoms with E-state index in [2.05, 4.69) is 9.88 Å². The van der Waals surface area contributed by atoms with Crippen molar-refractivity contribution in [2.45, 2.75) is 6.92 Å². The van der Waals surface area contributed by atoms with Crippen molar-refractivity contribution in [3.05, 3.63) is 17.1 Å². The summed E-state index contributed by atoms with van der Waals surface area (Å²) in [7, 11) is 1.60. The van der Waals surface area contributed by atoms with Crippen LogP contribution in [0, 0.1) is 5.39 Å². The number of anilines is 1. The van der Waals surface area contributed by atoms with Crippen LogP contribution in [0.5, 0.6) is 11.5 Å². The minimum Gasteiger partial charge on any atom is -0.494 e. The largest absolute Gasteiger partial charge is 0.494 e. The molecule has 0 bridgehead atoms. The highest BCUT2D eigenvalue weighted by atomic mass is 16.5. The van der Waals surface area contributed by atoms with Crippen LogP contribution in [0.4, 0.5) is 11.4 Å². The number of morpholine rings is 1. The smallest absolute Gasteiger partial charge is 0.430 e. The Balaban J connectivity index is 2.39. The fourth-order valence-corrected chi connectivity index (χ4v) is 2.10. The number of benzene rings is 1. The van der Waals surface area contributed by atoms with Crippen molar-refractivity contribution < 1.29 is 14.2 Å². The quantitative estimate of drug-likeness (QED) is 0.782. The second kappa shape index (κ2) is 6.25. The van der Waals surface area contributed by atoms with Crippen LogP contribution in [0.1, 0.15) is 6.92 Å². The van der Waals surface area contributed by atoms with Gasteiger partial charge < -0.3 is 19.1 Å². The Morgan fingerprint density at radius 2 is 2.05 bits per heavy atom. The summed E-state index contributed by atoms with van der Waals surface area (Å²) in [5.41, 5.74) is 1.30. The lowest BCUT2D eigenvalue weighted by Gasteiger charge is -2.29. The van der Waals surface area contributed by atoms with Crippen LogP contribution in [-0.2, 0) is 4.74 Å². The van der Waals surface area contributed by atoms with Crippen molar-refractivity contribution in [3.8, 4) is 11.5 Å². The maximum atomic E-state index is 9.02. The Morgan fingerprint density at radius 1 is 1.32 bits per heavy atom. The summed E-state index contributed by atoms with van der Waals surface area (Å²) in [6.07, 6.45) is 0. The van der Waals surface area contributed by atoms with E-state index >= 15 is 0 Å². The number of methoxy groups -OCH3 is 1. The lowest BCUT2D eigenvalue weighted by atomic mass is 10.2. The molecule has 1 saturated heterocycles. The van der Waals surface area contributed by atoms with Crippen LogP contribution in [-0.4, -0.2) is 40.0 Å². The van der Waals surface area contributed by atoms with Gasteiger partial charge in [-0.1, -0.05) is 0 Å². The zero-order valence-electron chi connectivity index (χ0n) is 11.3. The molecule has 1 fully saturated rings. The monoisotopic (exact) mass is 264 g/mol. The van der Waals surface area contributed by atoms with Gasteiger partial charge in [0.15, 0.2) is 10.7 Å². The molecule has 0 atom stereocenters. The lowest BCUT2D eigenvalue weighted by Crippen LogP contribution is -2.36. The zero-order valence-corrected chi connectivity index (χ0v) is 11.3. The minimum atomic E-state index is 0.371. The molecular formula is C13H18N3O3+. The maximum absolute atomic E-state index is 9.02. The summed E-state index contributed by atoms with van der Waals surface area (Å²) in [5, 5.41) is 9.02. The van der Waals surface area contributed by atoms with E-state index in [0.29, 0.717) is 37.0 Å². The second-order valence-electron chi connectivity index (χ2n) is 4.12. The summed E-state index contributed by atoms with van der Waals surface area (Å²) in [4.78, 5) is 5.41. The molecule has 19 heavy (non-hydrogen) atoms. The van der Waals surface area contributed by atoms with Crippen LogP contribution < -0.4 is 14.4 Å². The predicted molar refractivity (Wildman–Crippen MR) is 71.9 cm³/mol. The first-order valence-corrected chi connectivity index (χ1v) is 6.32. The van der Waals surface area contributed by atoms with E-state index in [9.17, 15) is 0 Å². The number of hydrogen-bond acceptors (Lipinski definition) is 5. The third-order valence-corrected chi connectivity index (χ3v) is 3.02. The Labute approximate surface area is 112 Å². The van der Waals surface area contributed by atoms with E-state index in [1.54, 1.807) is 13.2 Å². The van der Waals surface area contributed by atoms with Gasteiger partial charge in [0.05, 0.1) is 38.7 Å². The molecule has 0 radical (unpaired) electrons. The number of ether oxygens (including phenoxy) is 3. The summed E-state index contributed by atoms with van der Waals surface area (Å²) in [5.74, 6) is 1.21. The number of nitrogens with zero attached hydrogens (tertiary/aromatic N) is 3. The molecule has 1 aliphatic heterocycles. The van der Waals surface area contributed by atoms with Gasteiger partial charge >= 0.3 is 5.69 Å². The van der Waals surface area contributed by atoms with Crippen molar-refractivity contribution in [3.63, 3.8) is 0 Å². The van der Waals surface area contributed by atoms with E-state index in [1.807, 2.05) is 13.0 Å². The van der Waals surface area contributed by atoms with E-state index in [0.717, 1.165) is 18.8 Å². The molecule has 1 heterocycles. The van der Waals surface area contributed by atoms with E-state index in [-0.39, 0.29) is 0 Å². The van der Waals surface area contributed by atoms with Gasteiger partial charge in [0.2, 0.25) is 11.1 Å². The van der Waals surface area contributed by atoms with Crippen molar-refractivity contribution in [1.29, 1.82) is 5.39 Å². The average Bonchev–Trinajstić information content (AvgIpc) is 2.48. The van der Waals surface area contributed by atoms with E-state index in [4.69, 9.17) is 19.6 Å². The highest BCUT2D eigenvalue weighted by Gasteiger charge is 2.24. The van der Waals surface area contributed by atoms with Crippen LogP contribution in [0.2, 0.25) is 0 Å². The second-order valence-corrected chi connectivity index (χ2v) is 4.12. The highest BCUT2D eigenvalue weighted by molar-refractivity contribution is 5.72. The van der Waals surface area contributed by atoms with Gasteiger partial charge in [-0.25, -0.2) is 0 Å². The van der Waals surface area contributed by atoms with Crippen molar-refractivity contribution in [1.82, 2.24) is 0 Å². The van der Waals surface area contributed by atoms with Crippen molar-refractivity contribution >= 4 is 11.4 Å². The molecule has 1 aromatic carbocycles. The average molecular weight is 264 g/mol. The standard InChI is InChI=1S/C13H18N3O3/c1-3-19-12-9-11(16-4-6-18-7-5-16)13(17-2)8-10(12)15-14/h8-9H,3-7H2,1-2H3/q+1. The Morgan fingerprint density at radius 3 is 2.63 bits per heavy atom. The van der Waals surface area contributed by atoms with Crippen molar-refractivity contribution in [2.75, 3.05) is 44.9 Å². The fourth-order valence-electron chi connectivity index (χ4n) is 2.10. The summed E-state index contributed by atoms with van der Waals surface area (Å²) in [6.45, 7) is 5.39. The molecule has 0 aromatic heterocycles. The number of rotatable bonds is 4. The molecular weight excluding hydrogens is 246 g/mol. The van der Waals surface area contributed by atoms with Crippen LogP contribution in [0.15, 0.2) is 12.1 Å². The molecule has 0 N–H and O–H groups in total. The molecule has 0 unspecified atom stereocenters. The molecule has 0 aliphatic carbocycles. The topological polar surface area (TPSA) is 59.1 Å². The van der Waals surface area contributed by atoms with Crippen LogP contribution in [0.25, 0.3) is 4.98 Å². The normalized spacial score (nSPS) is 14.9. The molecule has 0 amide bonds. The van der Waals surface area contributed by atoms with Gasteiger partial charge in [0, 0.05) is 19.2 Å². The Kier molecular flexibility index (Phi) is 4.42. The Hall–Kier alpha value is -2.00. The summed E-state index contributed by atoms with van der Waals surface area (Å²) >= 11 is 0. The van der Waals surface area contributed by atoms with Crippen molar-refractivity contribution in [2.24, 2.45) is 0 Å². The van der Waals surface area contributed by atoms with Crippen LogP contribution >= 0.6 is 0 Å². The van der Waals surface area contributed by atoms with Gasteiger partial charge in [-0.15, -0.1) is 0 Å².